The number of pyridine rings is 1. The van der Waals surface area contributed by atoms with Crippen molar-refractivity contribution in [2.24, 2.45) is 0 Å². The predicted molar refractivity (Wildman–Crippen MR) is 93.1 cm³/mol. The molecule has 0 aliphatic carbocycles. The van der Waals surface area contributed by atoms with Gasteiger partial charge in [0.15, 0.2) is 5.65 Å². The Morgan fingerprint density at radius 2 is 2.08 bits per heavy atom. The lowest BCUT2D eigenvalue weighted by Gasteiger charge is -2.07. The van der Waals surface area contributed by atoms with Gasteiger partial charge in [-0.25, -0.2) is 9.97 Å². The lowest BCUT2D eigenvalue weighted by atomic mass is 10.2. The van der Waals surface area contributed by atoms with Crippen molar-refractivity contribution in [3.8, 4) is 0 Å². The predicted octanol–water partition coefficient (Wildman–Crippen LogP) is 1.08. The van der Waals surface area contributed by atoms with Crippen LogP contribution in [0.2, 0.25) is 0 Å². The number of fused-ring (bicyclic) bond motifs is 2. The topological polar surface area (TPSA) is 118 Å². The molecule has 8 nitrogen and oxygen atoms in total. The van der Waals surface area contributed by atoms with Gasteiger partial charge in [0, 0.05) is 6.20 Å². The van der Waals surface area contributed by atoms with E-state index in [0.29, 0.717) is 5.82 Å². The van der Waals surface area contributed by atoms with Gasteiger partial charge in [-0.05, 0) is 24.3 Å². The first-order valence-electron chi connectivity index (χ1n) is 7.61. The zero-order valence-electron chi connectivity index (χ0n) is 13.1. The average molecular weight is 334 g/mol. The zero-order valence-corrected chi connectivity index (χ0v) is 13.1. The van der Waals surface area contributed by atoms with E-state index in [1.807, 2.05) is 24.3 Å². The van der Waals surface area contributed by atoms with Gasteiger partial charge in [-0.1, -0.05) is 12.1 Å². The number of carbonyl (C=O) groups is 1. The van der Waals surface area contributed by atoms with Crippen LogP contribution in [0.4, 0.5) is 5.69 Å². The van der Waals surface area contributed by atoms with Gasteiger partial charge in [0.1, 0.15) is 11.5 Å². The highest BCUT2D eigenvalue weighted by atomic mass is 16.2. The van der Waals surface area contributed by atoms with E-state index in [1.54, 1.807) is 12.1 Å². The number of imidazole rings is 1. The zero-order chi connectivity index (χ0) is 17.4. The fourth-order valence-corrected chi connectivity index (χ4v) is 2.65. The van der Waals surface area contributed by atoms with E-state index in [4.69, 9.17) is 5.73 Å². The number of H-pyrrole nitrogens is 1. The molecular weight excluding hydrogens is 320 g/mol. The Balaban J connectivity index is 1.62. The number of nitrogens with two attached hydrogens (primary N) is 1. The molecular formula is C17H14N6O2. The highest BCUT2D eigenvalue weighted by Gasteiger charge is 2.13. The summed E-state index contributed by atoms with van der Waals surface area (Å²) < 4.78 is 1.26. The summed E-state index contributed by atoms with van der Waals surface area (Å²) >= 11 is 0. The molecule has 0 aliphatic rings. The van der Waals surface area contributed by atoms with Crippen LogP contribution in [0.1, 0.15) is 16.2 Å². The van der Waals surface area contributed by atoms with E-state index < -0.39 is 5.56 Å². The van der Waals surface area contributed by atoms with Gasteiger partial charge in [-0.15, -0.1) is 0 Å². The van der Waals surface area contributed by atoms with Crippen LogP contribution in [0, 0.1) is 0 Å². The van der Waals surface area contributed by atoms with E-state index in [-0.39, 0.29) is 29.3 Å². The van der Waals surface area contributed by atoms with Crippen LogP contribution in [0.5, 0.6) is 0 Å². The van der Waals surface area contributed by atoms with Gasteiger partial charge in [-0.3, -0.25) is 14.0 Å². The number of para-hydroxylation sites is 2. The summed E-state index contributed by atoms with van der Waals surface area (Å²) in [6.45, 7) is 0.230. The van der Waals surface area contributed by atoms with Crippen molar-refractivity contribution < 1.29 is 4.79 Å². The molecule has 4 aromatic rings. The fraction of sp³-hybridized carbons (Fsp3) is 0.0588. The molecule has 0 saturated heterocycles. The number of aromatic amines is 1. The number of anilines is 1. The summed E-state index contributed by atoms with van der Waals surface area (Å²) in [6.07, 6.45) is 2.78. The fourth-order valence-electron chi connectivity index (χ4n) is 2.65. The van der Waals surface area contributed by atoms with Gasteiger partial charge in [0.05, 0.1) is 29.3 Å². The Morgan fingerprint density at radius 3 is 2.92 bits per heavy atom. The number of hydrogen-bond donors (Lipinski definition) is 3. The molecule has 0 fully saturated rings. The van der Waals surface area contributed by atoms with Crippen LogP contribution in [0.25, 0.3) is 16.7 Å². The normalized spacial score (nSPS) is 11.0. The maximum Gasteiger partial charge on any atom is 0.281 e. The maximum absolute atomic E-state index is 12.5. The lowest BCUT2D eigenvalue weighted by Crippen LogP contribution is -2.26. The van der Waals surface area contributed by atoms with Crippen LogP contribution in [0.3, 0.4) is 0 Å². The second kappa shape index (κ2) is 5.75. The number of carbonyl (C=O) groups excluding carboxylic acids is 1. The lowest BCUT2D eigenvalue weighted by molar-refractivity contribution is 0.0951. The van der Waals surface area contributed by atoms with Crippen LogP contribution >= 0.6 is 0 Å². The maximum atomic E-state index is 12.5. The summed E-state index contributed by atoms with van der Waals surface area (Å²) in [5.74, 6) is 0.291. The Morgan fingerprint density at radius 1 is 1.24 bits per heavy atom. The third-order valence-electron chi connectivity index (χ3n) is 3.86. The molecule has 4 N–H and O–H groups in total. The first-order valence-corrected chi connectivity index (χ1v) is 7.61. The summed E-state index contributed by atoms with van der Waals surface area (Å²) in [5.41, 5.74) is 7.47. The van der Waals surface area contributed by atoms with Crippen molar-refractivity contribution in [1.29, 1.82) is 0 Å². The van der Waals surface area contributed by atoms with E-state index >= 15 is 0 Å². The minimum absolute atomic E-state index is 0.0253. The molecule has 0 bridgehead atoms. The molecule has 0 unspecified atom stereocenters. The molecule has 0 atom stereocenters. The second-order valence-corrected chi connectivity index (χ2v) is 5.52. The second-order valence-electron chi connectivity index (χ2n) is 5.52. The van der Waals surface area contributed by atoms with Crippen LogP contribution in [-0.4, -0.2) is 25.3 Å². The smallest absolute Gasteiger partial charge is 0.281 e. The Bertz CT molecular complexity index is 1130. The van der Waals surface area contributed by atoms with Crippen molar-refractivity contribution in [3.63, 3.8) is 0 Å². The van der Waals surface area contributed by atoms with E-state index in [1.165, 1.54) is 16.8 Å². The van der Waals surface area contributed by atoms with E-state index in [9.17, 15) is 9.59 Å². The molecule has 8 heteroatoms. The summed E-state index contributed by atoms with van der Waals surface area (Å²) in [7, 11) is 0. The molecule has 0 spiro atoms. The van der Waals surface area contributed by atoms with Crippen LogP contribution < -0.4 is 16.6 Å². The van der Waals surface area contributed by atoms with Crippen molar-refractivity contribution in [1.82, 2.24) is 24.7 Å². The molecule has 3 heterocycles. The monoisotopic (exact) mass is 334 g/mol. The first kappa shape index (κ1) is 14.9. The minimum atomic E-state index is -0.406. The average Bonchev–Trinajstić information content (AvgIpc) is 3.05. The van der Waals surface area contributed by atoms with E-state index in [2.05, 4.69) is 20.3 Å². The number of amides is 1. The molecule has 4 rings (SSSR count). The highest BCUT2D eigenvalue weighted by molar-refractivity contribution is 5.99. The number of hydrogen-bond acceptors (Lipinski definition) is 5. The molecule has 1 aromatic carbocycles. The minimum Gasteiger partial charge on any atom is -0.393 e. The SMILES string of the molecule is Nc1cnc2c(C(=O)NCc3nc4ccccc4[nH]3)cccn2c1=O. The number of aromatic nitrogens is 4. The number of nitrogen functional groups attached to an aromatic ring is 1. The molecule has 3 aromatic heterocycles. The third kappa shape index (κ3) is 2.59. The Hall–Kier alpha value is -3.68. The largest absolute Gasteiger partial charge is 0.393 e. The molecule has 0 radical (unpaired) electrons. The number of nitrogens with zero attached hydrogens (tertiary/aromatic N) is 3. The number of benzene rings is 1. The van der Waals surface area contributed by atoms with Crippen molar-refractivity contribution in [2.75, 3.05) is 5.73 Å². The highest BCUT2D eigenvalue weighted by Crippen LogP contribution is 2.11. The summed E-state index contributed by atoms with van der Waals surface area (Å²) in [6, 6.07) is 10.8. The van der Waals surface area contributed by atoms with Gasteiger partial charge in [0.25, 0.3) is 11.5 Å². The standard InChI is InChI=1S/C17H14N6O2/c18-11-8-19-15-10(4-3-7-23(15)17(11)25)16(24)20-9-14-21-12-5-1-2-6-13(12)22-14/h1-8H,9,18H2,(H,20,24)(H,21,22). The van der Waals surface area contributed by atoms with Gasteiger partial charge >= 0.3 is 0 Å². The number of rotatable bonds is 3. The van der Waals surface area contributed by atoms with Crippen molar-refractivity contribution in [3.05, 3.63) is 70.5 Å². The quantitative estimate of drug-likeness (QED) is 0.518. The molecule has 0 saturated carbocycles. The number of nitrogens with one attached hydrogen (secondary N) is 2. The molecule has 25 heavy (non-hydrogen) atoms. The molecule has 0 aliphatic heterocycles. The van der Waals surface area contributed by atoms with Crippen molar-refractivity contribution in [2.45, 2.75) is 6.54 Å². The third-order valence-corrected chi connectivity index (χ3v) is 3.86. The van der Waals surface area contributed by atoms with Crippen LogP contribution in [0.15, 0.2) is 53.6 Å². The van der Waals surface area contributed by atoms with Crippen molar-refractivity contribution >= 4 is 28.3 Å². The first-order chi connectivity index (χ1) is 12.1. The summed E-state index contributed by atoms with van der Waals surface area (Å²) in [5, 5.41) is 2.78. The Kier molecular flexibility index (Phi) is 3.42. The van der Waals surface area contributed by atoms with E-state index in [0.717, 1.165) is 11.0 Å². The van der Waals surface area contributed by atoms with Gasteiger partial charge in [0.2, 0.25) is 0 Å². The Labute approximate surface area is 141 Å². The van der Waals surface area contributed by atoms with Gasteiger partial charge < -0.3 is 16.0 Å². The summed E-state index contributed by atoms with van der Waals surface area (Å²) in [4.78, 5) is 36.2. The van der Waals surface area contributed by atoms with Crippen LogP contribution in [-0.2, 0) is 6.54 Å². The van der Waals surface area contributed by atoms with Gasteiger partial charge in [-0.2, -0.15) is 0 Å². The molecule has 124 valence electrons. The molecule has 1 amide bonds.